The SMILES string of the molecule is Cc1ccccc1C(=O)CCCC(=O)OCC(F)(F)F. The molecule has 0 aliphatic carbocycles. The fraction of sp³-hybridized carbons (Fsp3) is 0.429. The fourth-order valence-electron chi connectivity index (χ4n) is 1.65. The molecule has 110 valence electrons. The number of aryl methyl sites for hydroxylation is 1. The van der Waals surface area contributed by atoms with Gasteiger partial charge in [0.1, 0.15) is 0 Å². The van der Waals surface area contributed by atoms with E-state index in [4.69, 9.17) is 0 Å². The molecule has 6 heteroatoms. The van der Waals surface area contributed by atoms with Gasteiger partial charge in [-0.25, -0.2) is 0 Å². The first-order chi connectivity index (χ1) is 9.29. The highest BCUT2D eigenvalue weighted by Crippen LogP contribution is 2.16. The van der Waals surface area contributed by atoms with E-state index in [1.165, 1.54) is 0 Å². The first kappa shape index (κ1) is 16.2. The number of alkyl halides is 3. The van der Waals surface area contributed by atoms with Crippen molar-refractivity contribution in [2.45, 2.75) is 32.4 Å². The van der Waals surface area contributed by atoms with Crippen LogP contribution >= 0.6 is 0 Å². The van der Waals surface area contributed by atoms with Crippen molar-refractivity contribution >= 4 is 11.8 Å². The quantitative estimate of drug-likeness (QED) is 0.595. The maximum atomic E-state index is 11.8. The number of carbonyl (C=O) groups is 2. The van der Waals surface area contributed by atoms with Crippen molar-refractivity contribution in [2.24, 2.45) is 0 Å². The van der Waals surface area contributed by atoms with Crippen molar-refractivity contribution in [1.29, 1.82) is 0 Å². The van der Waals surface area contributed by atoms with Crippen LogP contribution in [0.5, 0.6) is 0 Å². The first-order valence-electron chi connectivity index (χ1n) is 6.11. The number of rotatable bonds is 6. The monoisotopic (exact) mass is 288 g/mol. The van der Waals surface area contributed by atoms with Crippen molar-refractivity contribution in [3.05, 3.63) is 35.4 Å². The zero-order valence-corrected chi connectivity index (χ0v) is 11.0. The molecule has 0 aliphatic heterocycles. The summed E-state index contributed by atoms with van der Waals surface area (Å²) in [6.45, 7) is 0.211. The van der Waals surface area contributed by atoms with Gasteiger partial charge in [-0.15, -0.1) is 0 Å². The molecule has 20 heavy (non-hydrogen) atoms. The lowest BCUT2D eigenvalue weighted by molar-refractivity contribution is -0.186. The molecule has 0 amide bonds. The van der Waals surface area contributed by atoms with Crippen LogP contribution in [0.1, 0.15) is 35.2 Å². The molecule has 1 aromatic carbocycles. The lowest BCUT2D eigenvalue weighted by Gasteiger charge is -2.07. The van der Waals surface area contributed by atoms with Crippen molar-refractivity contribution in [3.8, 4) is 0 Å². The van der Waals surface area contributed by atoms with Gasteiger partial charge in [0.2, 0.25) is 0 Å². The van der Waals surface area contributed by atoms with Crippen LogP contribution in [-0.2, 0) is 9.53 Å². The largest absolute Gasteiger partial charge is 0.456 e. The summed E-state index contributed by atoms with van der Waals surface area (Å²) < 4.78 is 39.4. The third kappa shape index (κ3) is 5.86. The molecule has 0 unspecified atom stereocenters. The van der Waals surface area contributed by atoms with Crippen molar-refractivity contribution in [1.82, 2.24) is 0 Å². The Morgan fingerprint density at radius 2 is 1.80 bits per heavy atom. The Morgan fingerprint density at radius 1 is 1.15 bits per heavy atom. The molecule has 1 rings (SSSR count). The number of esters is 1. The standard InChI is InChI=1S/C14H15F3O3/c1-10-5-2-3-6-11(10)12(18)7-4-8-13(19)20-9-14(15,16)17/h2-3,5-6H,4,7-9H2,1H3. The molecule has 0 bridgehead atoms. The highest BCUT2D eigenvalue weighted by Gasteiger charge is 2.29. The lowest BCUT2D eigenvalue weighted by Crippen LogP contribution is -2.20. The minimum Gasteiger partial charge on any atom is -0.456 e. The number of hydrogen-bond donors (Lipinski definition) is 0. The van der Waals surface area contributed by atoms with Gasteiger partial charge in [0.05, 0.1) is 0 Å². The van der Waals surface area contributed by atoms with Gasteiger partial charge in [0, 0.05) is 18.4 Å². The van der Waals surface area contributed by atoms with Crippen LogP contribution in [0.2, 0.25) is 0 Å². The van der Waals surface area contributed by atoms with Crippen molar-refractivity contribution < 1.29 is 27.5 Å². The van der Waals surface area contributed by atoms with E-state index in [1.807, 2.05) is 0 Å². The Balaban J connectivity index is 2.33. The second-order valence-electron chi connectivity index (χ2n) is 4.37. The highest BCUT2D eigenvalue weighted by molar-refractivity contribution is 5.97. The molecule has 0 fully saturated rings. The summed E-state index contributed by atoms with van der Waals surface area (Å²) in [5.41, 5.74) is 1.40. The van der Waals surface area contributed by atoms with E-state index < -0.39 is 18.8 Å². The zero-order chi connectivity index (χ0) is 15.2. The molecular weight excluding hydrogens is 273 g/mol. The van der Waals surface area contributed by atoms with E-state index in [1.54, 1.807) is 31.2 Å². The minimum atomic E-state index is -4.52. The molecule has 1 aromatic rings. The molecule has 0 spiro atoms. The van der Waals surface area contributed by atoms with Gasteiger partial charge in [0.15, 0.2) is 12.4 Å². The van der Waals surface area contributed by atoms with Crippen LogP contribution in [-0.4, -0.2) is 24.5 Å². The average Bonchev–Trinajstić information content (AvgIpc) is 2.36. The lowest BCUT2D eigenvalue weighted by atomic mass is 10.0. The average molecular weight is 288 g/mol. The van der Waals surface area contributed by atoms with Crippen molar-refractivity contribution in [2.75, 3.05) is 6.61 Å². The van der Waals surface area contributed by atoms with Gasteiger partial charge in [-0.1, -0.05) is 24.3 Å². The number of ether oxygens (including phenoxy) is 1. The Kier molecular flexibility index (Phi) is 5.73. The van der Waals surface area contributed by atoms with E-state index in [0.717, 1.165) is 5.56 Å². The Labute approximate surface area is 114 Å². The van der Waals surface area contributed by atoms with Gasteiger partial charge >= 0.3 is 12.1 Å². The van der Waals surface area contributed by atoms with E-state index in [0.29, 0.717) is 5.56 Å². The van der Waals surface area contributed by atoms with E-state index in [2.05, 4.69) is 4.74 Å². The molecular formula is C14H15F3O3. The van der Waals surface area contributed by atoms with Gasteiger partial charge in [-0.2, -0.15) is 13.2 Å². The third-order valence-electron chi connectivity index (χ3n) is 2.63. The third-order valence-corrected chi connectivity index (χ3v) is 2.63. The van der Waals surface area contributed by atoms with Crippen LogP contribution in [0, 0.1) is 6.92 Å². The summed E-state index contributed by atoms with van der Waals surface area (Å²) in [7, 11) is 0. The van der Waals surface area contributed by atoms with E-state index in [9.17, 15) is 22.8 Å². The molecule has 0 saturated carbocycles. The highest BCUT2D eigenvalue weighted by atomic mass is 19.4. The Bertz CT molecular complexity index is 481. The summed E-state index contributed by atoms with van der Waals surface area (Å²) in [6, 6.07) is 7.02. The smallest absolute Gasteiger partial charge is 0.422 e. The van der Waals surface area contributed by atoms with Crippen LogP contribution in [0.3, 0.4) is 0 Å². The van der Waals surface area contributed by atoms with Crippen LogP contribution in [0.15, 0.2) is 24.3 Å². The number of Topliss-reactive ketones (excluding diaryl/α,β-unsaturated/α-hetero) is 1. The number of carbonyl (C=O) groups excluding carboxylic acids is 2. The number of hydrogen-bond acceptors (Lipinski definition) is 3. The van der Waals surface area contributed by atoms with Crippen molar-refractivity contribution in [3.63, 3.8) is 0 Å². The Hall–Kier alpha value is -1.85. The molecule has 0 atom stereocenters. The maximum Gasteiger partial charge on any atom is 0.422 e. The summed E-state index contributed by atoms with van der Waals surface area (Å²) in [5.74, 6) is -1.08. The summed E-state index contributed by atoms with van der Waals surface area (Å²) in [6.07, 6.45) is -4.45. The second kappa shape index (κ2) is 7.07. The van der Waals surface area contributed by atoms with Crippen LogP contribution in [0.25, 0.3) is 0 Å². The molecule has 0 aliphatic rings. The minimum absolute atomic E-state index is 0.103. The zero-order valence-electron chi connectivity index (χ0n) is 11.0. The summed E-state index contributed by atoms with van der Waals surface area (Å²) in [5, 5.41) is 0. The second-order valence-corrected chi connectivity index (χ2v) is 4.37. The van der Waals surface area contributed by atoms with Gasteiger partial charge < -0.3 is 4.74 Å². The Morgan fingerprint density at radius 3 is 2.40 bits per heavy atom. The predicted molar refractivity (Wildman–Crippen MR) is 66.4 cm³/mol. The summed E-state index contributed by atoms with van der Waals surface area (Å²) in [4.78, 5) is 22.9. The number of halogens is 3. The van der Waals surface area contributed by atoms with Crippen LogP contribution < -0.4 is 0 Å². The number of ketones is 1. The summed E-state index contributed by atoms with van der Waals surface area (Å²) >= 11 is 0. The van der Waals surface area contributed by atoms with E-state index in [-0.39, 0.29) is 25.0 Å². The van der Waals surface area contributed by atoms with E-state index >= 15 is 0 Å². The molecule has 0 radical (unpaired) electrons. The normalized spacial score (nSPS) is 11.2. The van der Waals surface area contributed by atoms with Gasteiger partial charge in [0.25, 0.3) is 0 Å². The maximum absolute atomic E-state index is 11.8. The molecule has 3 nitrogen and oxygen atoms in total. The predicted octanol–water partition coefficient (Wildman–Crippen LogP) is 3.45. The van der Waals surface area contributed by atoms with Gasteiger partial charge in [-0.3, -0.25) is 9.59 Å². The van der Waals surface area contributed by atoms with Gasteiger partial charge in [-0.05, 0) is 18.9 Å². The first-order valence-corrected chi connectivity index (χ1v) is 6.11. The molecule has 0 saturated heterocycles. The molecule has 0 heterocycles. The number of benzene rings is 1. The van der Waals surface area contributed by atoms with Crippen LogP contribution in [0.4, 0.5) is 13.2 Å². The molecule has 0 aromatic heterocycles. The molecule has 0 N–H and O–H groups in total. The fourth-order valence-corrected chi connectivity index (χ4v) is 1.65. The topological polar surface area (TPSA) is 43.4 Å².